The minimum Gasteiger partial charge on any atom is -0.482 e. The van der Waals surface area contributed by atoms with Gasteiger partial charge in [-0.25, -0.2) is 37.5 Å². The standard InChI is InChI=1S/C26H27Cl2FN4O2.C22H20Cl2FN3O3.C21H19Cl2FN2O2.C19H15Cl2FN2O.CH4/c1-16(24-20(27)7-8-21(29)25(24)28)35-22-14-19(15-31-26(22)30)18-5-3-17(4-6-18)13-23(34)33-11-9-32(2)10-12-33;1-11(19-15(23)6-7-16(25)20(19)24)31-18-9-14(10-28-21(18)27)13-4-2-12(3-5-13)8-17(26)22(29)30;1-11(27)13-4-3-5-14(8-13)15-9-18(21(25)26-10-15)28-12(2)19-16(22)6-7-17(24)20(19)23;1-11(17-14(20)7-8-15(22)18(17)21)25-16-9-13(10-24-19(16)23)12-5-3-2-4-6-12;/h3-8,14-16H,9-13H2,1-2H3,(H2,30,31);2-7,9-11,17H,8,26H2,1H3,(H2,27,28)(H,29,30);3-12,27H,1-2H3,(H2,25,26);2-11H,1H3,(H2,23,24);1H4. The molecule has 1 fully saturated rings. The van der Waals surface area contributed by atoms with E-state index in [1.165, 1.54) is 48.5 Å². The first-order valence-corrected chi connectivity index (χ1v) is 39.9. The van der Waals surface area contributed by atoms with Crippen LogP contribution in [-0.2, 0) is 22.4 Å². The van der Waals surface area contributed by atoms with Crippen LogP contribution < -0.4 is 47.6 Å². The second-order valence-corrected chi connectivity index (χ2v) is 30.7. The van der Waals surface area contributed by atoms with Gasteiger partial charge in [-0.3, -0.25) is 9.59 Å². The van der Waals surface area contributed by atoms with Gasteiger partial charge in [0.1, 0.15) is 53.7 Å². The Bertz CT molecular complexity index is 5600. The highest BCUT2D eigenvalue weighted by Crippen LogP contribution is 2.43. The minimum absolute atomic E-state index is 0. The molecule has 0 radical (unpaired) electrons. The van der Waals surface area contributed by atoms with Gasteiger partial charge in [0.05, 0.1) is 32.6 Å². The largest absolute Gasteiger partial charge is 0.482 e. The SMILES string of the molecule is C.CC(O)c1cccc(-c2cnc(N)c(OC(C)c3c(Cl)ccc(F)c3Cl)c2)c1.CC(Oc1cc(-c2ccc(CC(=O)N3CCN(C)CC3)cc2)cnc1N)c1c(Cl)ccc(F)c1Cl.CC(Oc1cc(-c2ccc(CC(N)C(=O)O)cc2)cnc1N)c1c(Cl)ccc(F)c1Cl.CC(Oc1cc(-c2ccccc2)cnc1N)c1c(Cl)ccc(F)c1Cl. The van der Waals surface area contributed by atoms with E-state index in [1.54, 1.807) is 95.8 Å². The summed E-state index contributed by atoms with van der Waals surface area (Å²) in [5.41, 5.74) is 40.0. The summed E-state index contributed by atoms with van der Waals surface area (Å²) >= 11 is 49.0. The van der Waals surface area contributed by atoms with Gasteiger partial charge in [0.2, 0.25) is 5.91 Å². The third-order valence-corrected chi connectivity index (χ3v) is 21.9. The summed E-state index contributed by atoms with van der Waals surface area (Å²) in [6, 6.07) is 48.7. The maximum absolute atomic E-state index is 13.9. The Morgan fingerprint density at radius 1 is 0.417 bits per heavy atom. The third kappa shape index (κ3) is 24.0. The number of nitrogen functional groups attached to an aromatic ring is 4. The lowest BCUT2D eigenvalue weighted by molar-refractivity contribution is -0.138. The number of piperazine rings is 1. The van der Waals surface area contributed by atoms with Gasteiger partial charge >= 0.3 is 5.97 Å². The molecule has 12 aromatic rings. The van der Waals surface area contributed by atoms with Crippen molar-refractivity contribution in [2.75, 3.05) is 56.2 Å². The Kier molecular flexibility index (Phi) is 33.3. The zero-order valence-corrected chi connectivity index (χ0v) is 70.8. The van der Waals surface area contributed by atoms with Crippen LogP contribution in [0, 0.1) is 23.3 Å². The minimum atomic E-state index is -1.05. The first-order chi connectivity index (χ1) is 56.6. The number of carbonyl (C=O) groups is 2. The van der Waals surface area contributed by atoms with Gasteiger partial charge < -0.3 is 67.6 Å². The molecule has 6 atom stereocenters. The number of carboxylic acid groups (broad SMARTS) is 1. The number of halogens is 12. The van der Waals surface area contributed by atoms with E-state index in [4.69, 9.17) is 146 Å². The lowest BCUT2D eigenvalue weighted by atomic mass is 10.0. The van der Waals surface area contributed by atoms with Gasteiger partial charge in [0, 0.05) is 116 Å². The van der Waals surface area contributed by atoms with E-state index in [0.29, 0.717) is 66.7 Å². The molecule has 13 rings (SSSR count). The Labute approximate surface area is 732 Å². The number of hydrogen-bond acceptors (Lipinski definition) is 17. The van der Waals surface area contributed by atoms with Crippen molar-refractivity contribution in [1.82, 2.24) is 29.7 Å². The number of ether oxygens (including phenoxy) is 4. The molecule has 120 heavy (non-hydrogen) atoms. The monoisotopic (exact) mass is 1790 g/mol. The number of nitrogens with zero attached hydrogens (tertiary/aromatic N) is 6. The van der Waals surface area contributed by atoms with E-state index in [0.717, 1.165) is 87.4 Å². The molecular weight excluding hydrogens is 1710 g/mol. The van der Waals surface area contributed by atoms with E-state index >= 15 is 0 Å². The lowest BCUT2D eigenvalue weighted by Gasteiger charge is -2.32. The molecular formula is C89H85Cl8F4N11O8. The zero-order valence-electron chi connectivity index (χ0n) is 64.7. The molecule has 0 aliphatic carbocycles. The van der Waals surface area contributed by atoms with Gasteiger partial charge in [-0.2, -0.15) is 0 Å². The van der Waals surface area contributed by atoms with Gasteiger partial charge in [-0.15, -0.1) is 0 Å². The average molecular weight is 1800 g/mol. The van der Waals surface area contributed by atoms with Crippen molar-refractivity contribution in [3.05, 3.63) is 303 Å². The van der Waals surface area contributed by atoms with Gasteiger partial charge in [0.15, 0.2) is 46.3 Å². The first-order valence-electron chi connectivity index (χ1n) is 36.8. The smallest absolute Gasteiger partial charge is 0.320 e. The number of aliphatic hydroxyl groups is 1. The van der Waals surface area contributed by atoms with Crippen LogP contribution in [0.5, 0.6) is 23.0 Å². The number of carboxylic acids is 1. The van der Waals surface area contributed by atoms with Crippen LogP contribution in [0.2, 0.25) is 40.2 Å². The molecule has 628 valence electrons. The van der Waals surface area contributed by atoms with E-state index in [9.17, 15) is 32.3 Å². The maximum atomic E-state index is 13.9. The van der Waals surface area contributed by atoms with Crippen molar-refractivity contribution >= 4 is 128 Å². The predicted octanol–water partition coefficient (Wildman–Crippen LogP) is 22.6. The van der Waals surface area contributed by atoms with Crippen LogP contribution in [0.25, 0.3) is 44.5 Å². The maximum Gasteiger partial charge on any atom is 0.320 e. The fourth-order valence-corrected chi connectivity index (χ4v) is 15.1. The van der Waals surface area contributed by atoms with Crippen LogP contribution in [-0.4, -0.2) is 91.1 Å². The molecule has 1 aliphatic heterocycles. The molecule has 8 aromatic carbocycles. The number of anilines is 4. The van der Waals surface area contributed by atoms with E-state index in [2.05, 4.69) is 31.9 Å². The number of aliphatic carboxylic acids is 1. The summed E-state index contributed by atoms with van der Waals surface area (Å²) in [6.45, 7) is 11.8. The van der Waals surface area contributed by atoms with Crippen molar-refractivity contribution in [3.63, 3.8) is 0 Å². The number of hydrogen-bond donors (Lipinski definition) is 7. The number of aliphatic hydroxyl groups excluding tert-OH is 1. The number of rotatable bonds is 22. The molecule has 0 bridgehead atoms. The number of pyridine rings is 4. The van der Waals surface area contributed by atoms with Gasteiger partial charge in [-0.1, -0.05) is 197 Å². The molecule has 1 amide bonds. The molecule has 5 heterocycles. The molecule has 19 nitrogen and oxygen atoms in total. The van der Waals surface area contributed by atoms with E-state index in [1.807, 2.05) is 95.9 Å². The molecule has 6 unspecified atom stereocenters. The first kappa shape index (κ1) is 93.5. The van der Waals surface area contributed by atoms with Crippen molar-refractivity contribution in [3.8, 4) is 67.5 Å². The Balaban J connectivity index is 0.000000183. The molecule has 4 aromatic heterocycles. The summed E-state index contributed by atoms with van der Waals surface area (Å²) in [5, 5.41) is 19.6. The zero-order chi connectivity index (χ0) is 86.2. The van der Waals surface area contributed by atoms with Crippen LogP contribution in [0.4, 0.5) is 40.8 Å². The van der Waals surface area contributed by atoms with Crippen LogP contribution in [0.3, 0.4) is 0 Å². The summed E-state index contributed by atoms with van der Waals surface area (Å²) in [4.78, 5) is 44.5. The third-order valence-electron chi connectivity index (χ3n) is 19.1. The Morgan fingerprint density at radius 2 is 0.725 bits per heavy atom. The van der Waals surface area contributed by atoms with Gasteiger partial charge in [-0.05, 0) is 166 Å². The van der Waals surface area contributed by atoms with Crippen molar-refractivity contribution in [1.29, 1.82) is 0 Å². The highest BCUT2D eigenvalue weighted by molar-refractivity contribution is 6.38. The topological polar surface area (TPSA) is 300 Å². The number of nitrogens with two attached hydrogens (primary N) is 5. The molecule has 31 heteroatoms. The van der Waals surface area contributed by atoms with Crippen LogP contribution in [0.15, 0.2) is 201 Å². The average Bonchev–Trinajstić information content (AvgIpc) is 0.815. The highest BCUT2D eigenvalue weighted by atomic mass is 35.5. The Hall–Kier alpha value is -10.4. The molecule has 1 saturated heterocycles. The van der Waals surface area contributed by atoms with Crippen LogP contribution >= 0.6 is 92.8 Å². The number of amides is 1. The van der Waals surface area contributed by atoms with Gasteiger partial charge in [0.25, 0.3) is 0 Å². The summed E-state index contributed by atoms with van der Waals surface area (Å²) in [5.74, 6) is -1.13. The highest BCUT2D eigenvalue weighted by Gasteiger charge is 2.27. The molecule has 0 saturated carbocycles. The van der Waals surface area contributed by atoms with Crippen molar-refractivity contribution in [2.45, 2.75) is 91.4 Å². The van der Waals surface area contributed by atoms with Crippen molar-refractivity contribution in [2.24, 2.45) is 5.73 Å². The quantitative estimate of drug-likeness (QED) is 0.0245. The number of carbonyl (C=O) groups excluding carboxylic acids is 1. The number of likely N-dealkylation sites (N-methyl/N-ethyl adjacent to an activating group) is 1. The van der Waals surface area contributed by atoms with Crippen LogP contribution in [0.1, 0.15) is 112 Å². The second-order valence-electron chi connectivity index (χ2n) is 27.6. The fourth-order valence-electron chi connectivity index (χ4n) is 12.4. The summed E-state index contributed by atoms with van der Waals surface area (Å²) in [7, 11) is 2.06. The number of benzene rings is 8. The molecule has 1 aliphatic rings. The van der Waals surface area contributed by atoms with E-state index in [-0.39, 0.29) is 68.1 Å². The molecule has 12 N–H and O–H groups in total. The van der Waals surface area contributed by atoms with E-state index < -0.39 is 65.8 Å². The summed E-state index contributed by atoms with van der Waals surface area (Å²) in [6.07, 6.45) is 3.93. The fraction of sp³-hybridized carbons (Fsp3) is 0.213. The van der Waals surface area contributed by atoms with Crippen molar-refractivity contribution < 1.29 is 56.3 Å². The lowest BCUT2D eigenvalue weighted by Crippen LogP contribution is -2.47. The predicted molar refractivity (Wildman–Crippen MR) is 473 cm³/mol. The normalized spacial score (nSPS) is 13.3. The Morgan fingerprint density at radius 3 is 1.05 bits per heavy atom. The number of aromatic nitrogens is 4. The second kappa shape index (κ2) is 42.7. The summed E-state index contributed by atoms with van der Waals surface area (Å²) < 4.78 is 79.1. The molecule has 0 spiro atoms.